The summed E-state index contributed by atoms with van der Waals surface area (Å²) in [6.07, 6.45) is 0.862. The zero-order valence-electron chi connectivity index (χ0n) is 17.6. The molecule has 0 aromatic heterocycles. The third-order valence-electron chi connectivity index (χ3n) is 5.25. The Balaban J connectivity index is 1.61. The number of primary amides is 1. The van der Waals surface area contributed by atoms with Crippen LogP contribution >= 0.6 is 0 Å². The molecule has 8 nitrogen and oxygen atoms in total. The van der Waals surface area contributed by atoms with Crippen LogP contribution in [0.25, 0.3) is 0 Å². The Bertz CT molecular complexity index is 887. The molecule has 2 aromatic rings. The largest absolute Gasteiger partial charge is 0.497 e. The summed E-state index contributed by atoms with van der Waals surface area (Å²) in [6.45, 7) is 1.88. The van der Waals surface area contributed by atoms with Gasteiger partial charge < -0.3 is 25.6 Å². The van der Waals surface area contributed by atoms with Crippen molar-refractivity contribution in [2.45, 2.75) is 31.5 Å². The highest BCUT2D eigenvalue weighted by atomic mass is 16.5. The van der Waals surface area contributed by atoms with Gasteiger partial charge in [0.2, 0.25) is 0 Å². The van der Waals surface area contributed by atoms with Gasteiger partial charge in [0, 0.05) is 18.7 Å². The molecule has 1 saturated heterocycles. The minimum Gasteiger partial charge on any atom is -0.497 e. The molecule has 2 unspecified atom stereocenters. The van der Waals surface area contributed by atoms with E-state index in [1.165, 1.54) is 0 Å². The number of methoxy groups -OCH3 is 1. The molecule has 166 valence electrons. The first-order chi connectivity index (χ1) is 14.9. The number of hydrogen-bond acceptors (Lipinski definition) is 6. The first-order valence-corrected chi connectivity index (χ1v) is 10.3. The predicted molar refractivity (Wildman–Crippen MR) is 116 cm³/mol. The fourth-order valence-corrected chi connectivity index (χ4v) is 3.64. The number of nitrogens with two attached hydrogens (primary N) is 1. The van der Waals surface area contributed by atoms with Gasteiger partial charge in [0.1, 0.15) is 11.5 Å². The molecule has 0 radical (unpaired) electrons. The van der Waals surface area contributed by atoms with Crippen LogP contribution in [-0.2, 0) is 11.3 Å². The molecule has 3 rings (SSSR count). The monoisotopic (exact) mass is 427 g/mol. The highest BCUT2D eigenvalue weighted by molar-refractivity contribution is 5.94. The average Bonchev–Trinajstić information content (AvgIpc) is 2.93. The lowest BCUT2D eigenvalue weighted by molar-refractivity contribution is -0.119. The number of aliphatic hydroxyl groups excluding tert-OH is 1. The van der Waals surface area contributed by atoms with Crippen molar-refractivity contribution in [3.8, 4) is 11.5 Å². The van der Waals surface area contributed by atoms with Gasteiger partial charge in [-0.2, -0.15) is 0 Å². The zero-order chi connectivity index (χ0) is 22.2. The van der Waals surface area contributed by atoms with E-state index in [0.717, 1.165) is 24.3 Å². The molecule has 31 heavy (non-hydrogen) atoms. The number of aliphatic hydroxyl groups is 1. The van der Waals surface area contributed by atoms with Gasteiger partial charge in [-0.25, -0.2) is 0 Å². The predicted octanol–water partition coefficient (Wildman–Crippen LogP) is 1.31. The third-order valence-corrected chi connectivity index (χ3v) is 5.25. The second kappa shape index (κ2) is 10.8. The molecule has 2 atom stereocenters. The number of benzene rings is 2. The van der Waals surface area contributed by atoms with E-state index in [4.69, 9.17) is 15.2 Å². The molecule has 1 fully saturated rings. The number of hydrogen-bond donors (Lipinski definition) is 3. The number of carbonyl (C=O) groups excluding carboxylic acids is 2. The molecule has 1 heterocycles. The van der Waals surface area contributed by atoms with Crippen molar-refractivity contribution in [1.82, 2.24) is 10.2 Å². The van der Waals surface area contributed by atoms with Crippen molar-refractivity contribution >= 4 is 11.8 Å². The van der Waals surface area contributed by atoms with Crippen molar-refractivity contribution in [3.63, 3.8) is 0 Å². The van der Waals surface area contributed by atoms with E-state index in [1.54, 1.807) is 31.4 Å². The van der Waals surface area contributed by atoms with E-state index in [2.05, 4.69) is 10.2 Å². The Kier molecular flexibility index (Phi) is 7.86. The minimum atomic E-state index is -0.613. The Morgan fingerprint density at radius 2 is 1.97 bits per heavy atom. The molecule has 0 spiro atoms. The molecular weight excluding hydrogens is 398 g/mol. The van der Waals surface area contributed by atoms with E-state index in [-0.39, 0.29) is 18.6 Å². The SMILES string of the molecule is COc1cccc(CN2CCCC(O)C(NC(=O)c3ccc(OCC(N)=O)cc3)C2)c1. The smallest absolute Gasteiger partial charge is 0.255 e. The van der Waals surface area contributed by atoms with Gasteiger partial charge in [0.05, 0.1) is 19.3 Å². The van der Waals surface area contributed by atoms with Crippen LogP contribution in [0.4, 0.5) is 0 Å². The highest BCUT2D eigenvalue weighted by Gasteiger charge is 2.27. The normalized spacial score (nSPS) is 19.3. The van der Waals surface area contributed by atoms with Crippen LogP contribution in [0.3, 0.4) is 0 Å². The van der Waals surface area contributed by atoms with Gasteiger partial charge in [0.25, 0.3) is 11.8 Å². The summed E-state index contributed by atoms with van der Waals surface area (Å²) >= 11 is 0. The van der Waals surface area contributed by atoms with E-state index in [1.807, 2.05) is 24.3 Å². The molecule has 0 aliphatic carbocycles. The molecule has 4 N–H and O–H groups in total. The van der Waals surface area contributed by atoms with Crippen LogP contribution in [-0.4, -0.2) is 60.8 Å². The molecule has 1 aliphatic rings. The number of likely N-dealkylation sites (tertiary alicyclic amines) is 1. The summed E-state index contributed by atoms with van der Waals surface area (Å²) in [6, 6.07) is 14.0. The van der Waals surface area contributed by atoms with Crippen LogP contribution in [0.5, 0.6) is 11.5 Å². The second-order valence-corrected chi connectivity index (χ2v) is 7.66. The summed E-state index contributed by atoms with van der Waals surface area (Å²) in [7, 11) is 1.64. The van der Waals surface area contributed by atoms with E-state index < -0.39 is 12.0 Å². The summed E-state index contributed by atoms with van der Waals surface area (Å²) in [5, 5.41) is 13.5. The van der Waals surface area contributed by atoms with Gasteiger partial charge >= 0.3 is 0 Å². The lowest BCUT2D eigenvalue weighted by Gasteiger charge is -2.27. The van der Waals surface area contributed by atoms with Crippen molar-refractivity contribution in [2.24, 2.45) is 5.73 Å². The maximum absolute atomic E-state index is 12.7. The number of nitrogens with one attached hydrogen (secondary N) is 1. The quantitative estimate of drug-likeness (QED) is 0.585. The Hall–Kier alpha value is -3.10. The standard InChI is InChI=1S/C23H29N3O5/c1-30-19-5-2-4-16(12-19)13-26-11-3-6-21(27)20(14-26)25-23(29)17-7-9-18(10-8-17)31-15-22(24)28/h2,4-5,7-10,12,20-21,27H,3,6,11,13-15H2,1H3,(H2,24,28)(H,25,29). The van der Waals surface area contributed by atoms with Gasteiger partial charge in [-0.15, -0.1) is 0 Å². The van der Waals surface area contributed by atoms with Crippen LogP contribution < -0.4 is 20.5 Å². The molecular formula is C23H29N3O5. The molecule has 1 aliphatic heterocycles. The van der Waals surface area contributed by atoms with Gasteiger partial charge in [-0.1, -0.05) is 12.1 Å². The minimum absolute atomic E-state index is 0.219. The average molecular weight is 428 g/mol. The first kappa shape index (κ1) is 22.6. The lowest BCUT2D eigenvalue weighted by Crippen LogP contribution is -2.48. The number of ether oxygens (including phenoxy) is 2. The first-order valence-electron chi connectivity index (χ1n) is 10.3. The molecule has 8 heteroatoms. The van der Waals surface area contributed by atoms with Crippen molar-refractivity contribution < 1.29 is 24.2 Å². The van der Waals surface area contributed by atoms with Crippen molar-refractivity contribution in [3.05, 3.63) is 59.7 Å². The molecule has 0 bridgehead atoms. The maximum atomic E-state index is 12.7. The zero-order valence-corrected chi connectivity index (χ0v) is 17.6. The van der Waals surface area contributed by atoms with Gasteiger partial charge in [-0.05, 0) is 61.3 Å². The number of rotatable bonds is 8. The van der Waals surface area contributed by atoms with E-state index >= 15 is 0 Å². The Labute approximate surface area is 181 Å². The maximum Gasteiger partial charge on any atom is 0.255 e. The Morgan fingerprint density at radius 1 is 1.19 bits per heavy atom. The highest BCUT2D eigenvalue weighted by Crippen LogP contribution is 2.19. The molecule has 2 amide bonds. The lowest BCUT2D eigenvalue weighted by atomic mass is 10.1. The van der Waals surface area contributed by atoms with Crippen LogP contribution in [0.2, 0.25) is 0 Å². The topological polar surface area (TPSA) is 114 Å². The molecule has 2 aromatic carbocycles. The van der Waals surface area contributed by atoms with Crippen molar-refractivity contribution in [1.29, 1.82) is 0 Å². The number of carbonyl (C=O) groups is 2. The van der Waals surface area contributed by atoms with Crippen LogP contribution in [0.15, 0.2) is 48.5 Å². The fourth-order valence-electron chi connectivity index (χ4n) is 3.64. The van der Waals surface area contributed by atoms with Crippen LogP contribution in [0.1, 0.15) is 28.8 Å². The third kappa shape index (κ3) is 6.70. The molecule has 0 saturated carbocycles. The fraction of sp³-hybridized carbons (Fsp3) is 0.391. The summed E-state index contributed by atoms with van der Waals surface area (Å²) in [4.78, 5) is 25.8. The van der Waals surface area contributed by atoms with E-state index in [9.17, 15) is 14.7 Å². The summed E-state index contributed by atoms with van der Waals surface area (Å²) < 4.78 is 10.5. The Morgan fingerprint density at radius 3 is 2.68 bits per heavy atom. The van der Waals surface area contributed by atoms with Crippen LogP contribution in [0, 0.1) is 0 Å². The van der Waals surface area contributed by atoms with Crippen molar-refractivity contribution in [2.75, 3.05) is 26.8 Å². The second-order valence-electron chi connectivity index (χ2n) is 7.66. The number of nitrogens with zero attached hydrogens (tertiary/aromatic N) is 1. The summed E-state index contributed by atoms with van der Waals surface area (Å²) in [5.41, 5.74) is 6.63. The van der Waals surface area contributed by atoms with Gasteiger partial charge in [-0.3, -0.25) is 14.5 Å². The number of amides is 2. The van der Waals surface area contributed by atoms with E-state index in [0.29, 0.717) is 30.8 Å². The van der Waals surface area contributed by atoms with Gasteiger partial charge in [0.15, 0.2) is 6.61 Å². The summed E-state index contributed by atoms with van der Waals surface area (Å²) in [5.74, 6) is 0.422.